The van der Waals surface area contributed by atoms with Crippen LogP contribution < -0.4 is 0 Å². The molecule has 0 N–H and O–H groups in total. The Kier molecular flexibility index (Phi) is 6.77. The summed E-state index contributed by atoms with van der Waals surface area (Å²) in [6, 6.07) is 9.72. The van der Waals surface area contributed by atoms with Crippen LogP contribution in [0.4, 0.5) is 0 Å². The maximum absolute atomic E-state index is 13.1. The van der Waals surface area contributed by atoms with Gasteiger partial charge in [0, 0.05) is 0 Å². The van der Waals surface area contributed by atoms with Gasteiger partial charge in [-0.05, 0) is 55.5 Å². The van der Waals surface area contributed by atoms with Gasteiger partial charge in [-0.3, -0.25) is 14.4 Å². The lowest BCUT2D eigenvalue weighted by molar-refractivity contribution is -0.272. The van der Waals surface area contributed by atoms with Crippen LogP contribution >= 0.6 is 0 Å². The van der Waals surface area contributed by atoms with E-state index in [-0.39, 0.29) is 29.8 Å². The van der Waals surface area contributed by atoms with Gasteiger partial charge in [0.1, 0.15) is 24.4 Å². The number of amides is 1. The van der Waals surface area contributed by atoms with Crippen molar-refractivity contribution in [3.63, 3.8) is 0 Å². The lowest BCUT2D eigenvalue weighted by Crippen LogP contribution is -2.74. The number of hydroxylamine groups is 2. The zero-order valence-electron chi connectivity index (χ0n) is 20.6. The van der Waals surface area contributed by atoms with E-state index in [1.807, 2.05) is 30.3 Å². The molecule has 0 bridgehead atoms. The number of carbonyl (C=O) groups excluding carboxylic acids is 2. The smallest absolute Gasteiger partial charge is 0.249 e. The van der Waals surface area contributed by atoms with Crippen LogP contribution in [0, 0.1) is 0 Å². The number of hydrogen-bond donors (Lipinski definition) is 0. The van der Waals surface area contributed by atoms with Crippen molar-refractivity contribution in [2.24, 2.45) is 0 Å². The van der Waals surface area contributed by atoms with E-state index in [2.05, 4.69) is 53.5 Å². The molecular formula is C24H37NO5Si2. The van der Waals surface area contributed by atoms with Crippen molar-refractivity contribution in [1.82, 2.24) is 5.06 Å². The molecule has 3 rings (SSSR count). The van der Waals surface area contributed by atoms with Crippen molar-refractivity contribution in [2.75, 3.05) is 0 Å². The Balaban J connectivity index is 1.94. The van der Waals surface area contributed by atoms with Crippen LogP contribution in [0.25, 0.3) is 0 Å². The fourth-order valence-corrected chi connectivity index (χ4v) is 6.08. The Morgan fingerprint density at radius 3 is 2.19 bits per heavy atom. The molecule has 1 fully saturated rings. The molecule has 2 aliphatic rings. The van der Waals surface area contributed by atoms with Crippen LogP contribution in [-0.4, -0.2) is 51.1 Å². The van der Waals surface area contributed by atoms with E-state index in [0.29, 0.717) is 0 Å². The zero-order chi connectivity index (χ0) is 23.9. The first kappa shape index (κ1) is 25.0. The van der Waals surface area contributed by atoms with Gasteiger partial charge in [-0.25, -0.2) is 5.06 Å². The minimum absolute atomic E-state index is 0.0652. The van der Waals surface area contributed by atoms with Gasteiger partial charge in [-0.15, -0.1) is 0 Å². The minimum Gasteiger partial charge on any atom is -0.409 e. The third-order valence-corrected chi connectivity index (χ3v) is 12.0. The molecular weight excluding hydrogens is 438 g/mol. The number of benzene rings is 1. The van der Waals surface area contributed by atoms with Crippen LogP contribution in [-0.2, 0) is 29.9 Å². The van der Waals surface area contributed by atoms with Crippen molar-refractivity contribution in [3.05, 3.63) is 48.0 Å². The maximum Gasteiger partial charge on any atom is 0.249 e. The summed E-state index contributed by atoms with van der Waals surface area (Å²) in [5.74, 6) is -0.221. The van der Waals surface area contributed by atoms with Crippen molar-refractivity contribution in [2.45, 2.75) is 89.3 Å². The van der Waals surface area contributed by atoms with Crippen molar-refractivity contribution in [3.8, 4) is 0 Å². The highest BCUT2D eigenvalue weighted by Crippen LogP contribution is 2.46. The molecule has 3 unspecified atom stereocenters. The summed E-state index contributed by atoms with van der Waals surface area (Å²) in [6.45, 7) is 17.2. The first-order valence-electron chi connectivity index (χ1n) is 11.2. The predicted octanol–water partition coefficient (Wildman–Crippen LogP) is 4.84. The first-order chi connectivity index (χ1) is 14.7. The summed E-state index contributed by atoms with van der Waals surface area (Å²) in [5, 5.41) is 1.35. The molecule has 8 heteroatoms. The molecule has 176 valence electrons. The number of β-lactam (4-membered cyclic amide) rings is 1. The molecule has 1 saturated heterocycles. The van der Waals surface area contributed by atoms with E-state index in [1.54, 1.807) is 12.2 Å². The summed E-state index contributed by atoms with van der Waals surface area (Å²) in [4.78, 5) is 31.8. The van der Waals surface area contributed by atoms with E-state index in [0.717, 1.165) is 5.56 Å². The third-order valence-electron chi connectivity index (χ3n) is 6.53. The van der Waals surface area contributed by atoms with Gasteiger partial charge in [0.05, 0.1) is 6.42 Å². The third kappa shape index (κ3) is 4.99. The van der Waals surface area contributed by atoms with Gasteiger partial charge in [0.15, 0.2) is 22.4 Å². The molecule has 3 atom stereocenters. The quantitative estimate of drug-likeness (QED) is 0.417. The summed E-state index contributed by atoms with van der Waals surface area (Å²) >= 11 is 0. The van der Waals surface area contributed by atoms with E-state index in [1.165, 1.54) is 5.06 Å². The highest BCUT2D eigenvalue weighted by atomic mass is 28.4. The Morgan fingerprint density at radius 2 is 1.66 bits per heavy atom. The lowest BCUT2D eigenvalue weighted by atomic mass is 9.74. The Morgan fingerprint density at radius 1 is 1.03 bits per heavy atom. The molecule has 1 amide bonds. The molecule has 6 nitrogen and oxygen atoms in total. The fourth-order valence-electron chi connectivity index (χ4n) is 3.76. The Bertz CT molecular complexity index is 888. The second-order valence-corrected chi connectivity index (χ2v) is 20.5. The number of nitrogens with zero attached hydrogens (tertiary/aromatic N) is 1. The van der Waals surface area contributed by atoms with E-state index < -0.39 is 34.4 Å². The normalized spacial score (nSPS) is 26.6. The van der Waals surface area contributed by atoms with Crippen LogP contribution in [0.2, 0.25) is 37.8 Å². The molecule has 1 heterocycles. The Labute approximate surface area is 194 Å². The van der Waals surface area contributed by atoms with Gasteiger partial charge in [-0.2, -0.15) is 0 Å². The number of hydrogen-bond acceptors (Lipinski definition) is 5. The average Bonchev–Trinajstić information content (AvgIpc) is 2.65. The summed E-state index contributed by atoms with van der Waals surface area (Å²) in [6.07, 6.45) is 2.21. The zero-order valence-corrected chi connectivity index (χ0v) is 22.6. The number of carbonyl (C=O) groups is 2. The molecule has 1 aliphatic heterocycles. The molecule has 1 spiro atoms. The predicted molar refractivity (Wildman–Crippen MR) is 130 cm³/mol. The lowest BCUT2D eigenvalue weighted by Gasteiger charge is -2.57. The first-order valence-corrected chi connectivity index (χ1v) is 17.6. The summed E-state index contributed by atoms with van der Waals surface area (Å²) < 4.78 is 13.2. The topological polar surface area (TPSA) is 65.1 Å². The standard InChI is InChI=1S/C24H37NO5Si2/c1-23(2,3)32(7,8)29-21-19(26)14-15-24(22(21)30-31(4,5)6)16-20(27)25(24)28-17-18-12-10-9-11-13-18/h9-15,21-22H,16-17H2,1-8H3. The van der Waals surface area contributed by atoms with Crippen molar-refractivity contribution in [1.29, 1.82) is 0 Å². The van der Waals surface area contributed by atoms with E-state index >= 15 is 0 Å². The minimum atomic E-state index is -2.28. The second-order valence-electron chi connectivity index (χ2n) is 11.3. The molecule has 1 aliphatic carbocycles. The monoisotopic (exact) mass is 475 g/mol. The van der Waals surface area contributed by atoms with Crippen LogP contribution in [0.3, 0.4) is 0 Å². The van der Waals surface area contributed by atoms with Crippen LogP contribution in [0.1, 0.15) is 32.8 Å². The highest BCUT2D eigenvalue weighted by molar-refractivity contribution is 6.74. The molecule has 0 radical (unpaired) electrons. The van der Waals surface area contributed by atoms with Crippen LogP contribution in [0.5, 0.6) is 0 Å². The van der Waals surface area contributed by atoms with Gasteiger partial charge in [-0.1, -0.05) is 51.1 Å². The van der Waals surface area contributed by atoms with E-state index in [9.17, 15) is 9.59 Å². The number of rotatable bonds is 7. The molecule has 1 aromatic rings. The molecule has 0 saturated carbocycles. The van der Waals surface area contributed by atoms with Crippen molar-refractivity contribution < 1.29 is 23.3 Å². The maximum atomic E-state index is 13.1. The van der Waals surface area contributed by atoms with Crippen molar-refractivity contribution >= 4 is 28.3 Å². The average molecular weight is 476 g/mol. The van der Waals surface area contributed by atoms with E-state index in [4.69, 9.17) is 13.7 Å². The van der Waals surface area contributed by atoms with Gasteiger partial charge < -0.3 is 8.85 Å². The molecule has 0 aromatic heterocycles. The number of ketones is 1. The Hall–Kier alpha value is -1.59. The SMILES string of the molecule is CC(C)(C)[Si](C)(C)OC1C(=O)C=CC2(CC(=O)N2OCc2ccccc2)C1O[Si](C)(C)C. The second kappa shape index (κ2) is 8.64. The van der Waals surface area contributed by atoms with Crippen LogP contribution in [0.15, 0.2) is 42.5 Å². The largest absolute Gasteiger partial charge is 0.409 e. The highest BCUT2D eigenvalue weighted by Gasteiger charge is 2.63. The van der Waals surface area contributed by atoms with Gasteiger partial charge >= 0.3 is 0 Å². The summed E-state index contributed by atoms with van der Waals surface area (Å²) in [7, 11) is -4.37. The molecule has 1 aromatic carbocycles. The fraction of sp³-hybridized carbons (Fsp3) is 0.583. The van der Waals surface area contributed by atoms with Gasteiger partial charge in [0.2, 0.25) is 5.91 Å². The molecule has 32 heavy (non-hydrogen) atoms. The summed E-state index contributed by atoms with van der Waals surface area (Å²) in [5.41, 5.74) is 0.127. The van der Waals surface area contributed by atoms with Gasteiger partial charge in [0.25, 0.3) is 0 Å².